The molecule has 0 unspecified atom stereocenters. The van der Waals surface area contributed by atoms with E-state index in [0.717, 1.165) is 0 Å². The molecule has 1 aromatic rings. The molecular formula is C11H11ClN2O3. The molecule has 0 saturated carbocycles. The van der Waals surface area contributed by atoms with Gasteiger partial charge >= 0.3 is 6.03 Å². The predicted octanol–water partition coefficient (Wildman–Crippen LogP) is 1.78. The zero-order valence-corrected chi connectivity index (χ0v) is 9.88. The lowest BCUT2D eigenvalue weighted by atomic mass is 10.1. The molecule has 5 nitrogen and oxygen atoms in total. The fraction of sp³-hybridized carbons (Fsp3) is 0.182. The zero-order chi connectivity index (χ0) is 12.8. The molecule has 0 aliphatic carbocycles. The molecule has 6 heteroatoms. The number of halogens is 1. The Kier molecular flexibility index (Phi) is 4.66. The largest absolute Gasteiger partial charge is 0.325 e. The Balaban J connectivity index is 2.78. The fourth-order valence-corrected chi connectivity index (χ4v) is 1.28. The van der Waals surface area contributed by atoms with Crippen molar-refractivity contribution in [2.75, 3.05) is 11.2 Å². The maximum atomic E-state index is 11.3. The number of rotatable bonds is 3. The zero-order valence-electron chi connectivity index (χ0n) is 9.12. The second-order valence-electron chi connectivity index (χ2n) is 3.24. The minimum Gasteiger partial charge on any atom is -0.307 e. The SMILES string of the molecule is CC(=O)c1ccccc1NC(=O)NC(=O)CCl. The summed E-state index contributed by atoms with van der Waals surface area (Å²) in [6, 6.07) is 5.79. The van der Waals surface area contributed by atoms with Crippen LogP contribution in [0, 0.1) is 0 Å². The molecule has 0 fully saturated rings. The first-order valence-corrected chi connectivity index (χ1v) is 5.35. The Morgan fingerprint density at radius 2 is 1.88 bits per heavy atom. The van der Waals surface area contributed by atoms with E-state index in [2.05, 4.69) is 5.32 Å². The molecule has 0 aliphatic rings. The van der Waals surface area contributed by atoms with E-state index >= 15 is 0 Å². The molecule has 0 bridgehead atoms. The van der Waals surface area contributed by atoms with Crippen LogP contribution in [0.1, 0.15) is 17.3 Å². The van der Waals surface area contributed by atoms with E-state index in [0.29, 0.717) is 11.3 Å². The minimum absolute atomic E-state index is 0.176. The summed E-state index contributed by atoms with van der Waals surface area (Å²) >= 11 is 5.23. The smallest absolute Gasteiger partial charge is 0.307 e. The van der Waals surface area contributed by atoms with Gasteiger partial charge in [-0.15, -0.1) is 11.6 Å². The second kappa shape index (κ2) is 6.00. The molecule has 1 rings (SSSR count). The maximum Gasteiger partial charge on any atom is 0.325 e. The summed E-state index contributed by atoms with van der Waals surface area (Å²) in [4.78, 5) is 33.5. The van der Waals surface area contributed by atoms with Gasteiger partial charge in [0.2, 0.25) is 5.91 Å². The van der Waals surface area contributed by atoms with Crippen LogP contribution in [-0.2, 0) is 4.79 Å². The van der Waals surface area contributed by atoms with Crippen LogP contribution < -0.4 is 10.6 Å². The Hall–Kier alpha value is -1.88. The van der Waals surface area contributed by atoms with Gasteiger partial charge in [0.25, 0.3) is 0 Å². The van der Waals surface area contributed by atoms with Gasteiger partial charge in [0.05, 0.1) is 5.69 Å². The number of hydrogen-bond donors (Lipinski definition) is 2. The van der Waals surface area contributed by atoms with E-state index in [1.54, 1.807) is 24.3 Å². The van der Waals surface area contributed by atoms with E-state index in [1.165, 1.54) is 6.92 Å². The van der Waals surface area contributed by atoms with Crippen LogP contribution in [0.25, 0.3) is 0 Å². The third-order valence-corrected chi connectivity index (χ3v) is 2.17. The Morgan fingerprint density at radius 1 is 1.24 bits per heavy atom. The molecule has 0 atom stereocenters. The van der Waals surface area contributed by atoms with Crippen LogP contribution in [0.15, 0.2) is 24.3 Å². The first-order chi connectivity index (χ1) is 8.04. The number of ketones is 1. The number of imide groups is 1. The summed E-state index contributed by atoms with van der Waals surface area (Å²) in [5.74, 6) is -1.09. The number of urea groups is 1. The number of carbonyl (C=O) groups excluding carboxylic acids is 3. The number of carbonyl (C=O) groups is 3. The van der Waals surface area contributed by atoms with Gasteiger partial charge < -0.3 is 5.32 Å². The Bertz CT molecular complexity index is 460. The quantitative estimate of drug-likeness (QED) is 0.638. The van der Waals surface area contributed by atoms with Gasteiger partial charge in [-0.2, -0.15) is 0 Å². The number of amides is 3. The van der Waals surface area contributed by atoms with Gasteiger partial charge in [-0.1, -0.05) is 12.1 Å². The summed E-state index contributed by atoms with van der Waals surface area (Å²) in [6.07, 6.45) is 0. The molecule has 0 aliphatic heterocycles. The van der Waals surface area contributed by atoms with Crippen LogP contribution in [0.4, 0.5) is 10.5 Å². The molecular weight excluding hydrogens is 244 g/mol. The highest BCUT2D eigenvalue weighted by Gasteiger charge is 2.10. The highest BCUT2D eigenvalue weighted by atomic mass is 35.5. The maximum absolute atomic E-state index is 11.3. The van der Waals surface area contributed by atoms with Crippen molar-refractivity contribution in [3.63, 3.8) is 0 Å². The third kappa shape index (κ3) is 3.88. The lowest BCUT2D eigenvalue weighted by Gasteiger charge is -2.08. The van der Waals surface area contributed by atoms with Crippen LogP contribution >= 0.6 is 11.6 Å². The molecule has 0 radical (unpaired) electrons. The van der Waals surface area contributed by atoms with Crippen molar-refractivity contribution in [2.45, 2.75) is 6.92 Å². The number of alkyl halides is 1. The summed E-state index contributed by atoms with van der Waals surface area (Å²) < 4.78 is 0. The number of hydrogen-bond acceptors (Lipinski definition) is 3. The van der Waals surface area contributed by atoms with Crippen LogP contribution in [0.2, 0.25) is 0 Å². The minimum atomic E-state index is -0.718. The van der Waals surface area contributed by atoms with Gasteiger partial charge in [0, 0.05) is 5.56 Å². The Labute approximate surface area is 103 Å². The summed E-state index contributed by atoms with van der Waals surface area (Å²) in [7, 11) is 0. The molecule has 0 saturated heterocycles. The van der Waals surface area contributed by atoms with Crippen molar-refractivity contribution >= 4 is 35.0 Å². The van der Waals surface area contributed by atoms with E-state index in [9.17, 15) is 14.4 Å². The van der Waals surface area contributed by atoms with Gasteiger partial charge in [-0.3, -0.25) is 14.9 Å². The summed E-state index contributed by atoms with van der Waals surface area (Å²) in [5.41, 5.74) is 0.723. The molecule has 0 spiro atoms. The first kappa shape index (κ1) is 13.2. The number of Topliss-reactive ketones (excluding diaryl/α,β-unsaturated/α-hetero) is 1. The van der Waals surface area contributed by atoms with Gasteiger partial charge in [0.15, 0.2) is 5.78 Å². The van der Waals surface area contributed by atoms with Crippen molar-refractivity contribution in [2.24, 2.45) is 0 Å². The van der Waals surface area contributed by atoms with Crippen LogP contribution in [0.5, 0.6) is 0 Å². The topological polar surface area (TPSA) is 75.3 Å². The lowest BCUT2D eigenvalue weighted by Crippen LogP contribution is -2.35. The predicted molar refractivity (Wildman–Crippen MR) is 64.3 cm³/mol. The van der Waals surface area contributed by atoms with Crippen molar-refractivity contribution in [3.8, 4) is 0 Å². The highest BCUT2D eigenvalue weighted by molar-refractivity contribution is 6.28. The second-order valence-corrected chi connectivity index (χ2v) is 3.50. The molecule has 0 heterocycles. The van der Waals surface area contributed by atoms with Crippen molar-refractivity contribution in [1.82, 2.24) is 5.32 Å². The standard InChI is InChI=1S/C11H11ClN2O3/c1-7(15)8-4-2-3-5-9(8)13-11(17)14-10(16)6-12/h2-5H,6H2,1H3,(H2,13,14,16,17). The number of para-hydroxylation sites is 1. The highest BCUT2D eigenvalue weighted by Crippen LogP contribution is 2.15. The number of nitrogens with one attached hydrogen (secondary N) is 2. The number of benzene rings is 1. The van der Waals surface area contributed by atoms with Crippen LogP contribution in [-0.4, -0.2) is 23.6 Å². The van der Waals surface area contributed by atoms with E-state index < -0.39 is 11.9 Å². The third-order valence-electron chi connectivity index (χ3n) is 1.93. The van der Waals surface area contributed by atoms with E-state index in [4.69, 9.17) is 11.6 Å². The van der Waals surface area contributed by atoms with Crippen molar-refractivity contribution in [1.29, 1.82) is 0 Å². The van der Waals surface area contributed by atoms with E-state index in [1.807, 2.05) is 5.32 Å². The van der Waals surface area contributed by atoms with Gasteiger partial charge in [0.1, 0.15) is 5.88 Å². The van der Waals surface area contributed by atoms with Crippen LogP contribution in [0.3, 0.4) is 0 Å². The molecule has 2 N–H and O–H groups in total. The average molecular weight is 255 g/mol. The average Bonchev–Trinajstić information content (AvgIpc) is 2.29. The first-order valence-electron chi connectivity index (χ1n) is 4.81. The fourth-order valence-electron chi connectivity index (χ4n) is 1.21. The van der Waals surface area contributed by atoms with Crippen molar-refractivity contribution < 1.29 is 14.4 Å². The molecule has 0 aromatic heterocycles. The molecule has 1 aromatic carbocycles. The molecule has 90 valence electrons. The van der Waals surface area contributed by atoms with Gasteiger partial charge in [-0.05, 0) is 19.1 Å². The van der Waals surface area contributed by atoms with E-state index in [-0.39, 0.29) is 11.7 Å². The monoisotopic (exact) mass is 254 g/mol. The Morgan fingerprint density at radius 3 is 2.47 bits per heavy atom. The molecule has 17 heavy (non-hydrogen) atoms. The lowest BCUT2D eigenvalue weighted by molar-refractivity contribution is -0.117. The summed E-state index contributed by atoms with van der Waals surface area (Å²) in [6.45, 7) is 1.39. The molecule has 3 amide bonds. The van der Waals surface area contributed by atoms with Gasteiger partial charge in [-0.25, -0.2) is 4.79 Å². The number of anilines is 1. The summed E-state index contributed by atoms with van der Waals surface area (Å²) in [5, 5.41) is 4.42. The normalized spacial score (nSPS) is 9.53. The van der Waals surface area contributed by atoms with Crippen molar-refractivity contribution in [3.05, 3.63) is 29.8 Å².